The monoisotopic (exact) mass is 689 g/mol. The van der Waals surface area contributed by atoms with Crippen molar-refractivity contribution in [2.45, 2.75) is 26.8 Å². The molecule has 3 heterocycles. The number of para-hydroxylation sites is 1. The molecule has 50 heavy (non-hydrogen) atoms. The molecule has 0 spiro atoms. The summed E-state index contributed by atoms with van der Waals surface area (Å²) in [6.45, 7) is 8.72. The Hall–Kier alpha value is -6.33. The minimum atomic E-state index is -3.55. The number of carbonyl (C=O) groups excluding carboxylic acids is 1. The Labute approximate surface area is 289 Å². The Bertz CT molecular complexity index is 2430. The molecule has 0 saturated carbocycles. The van der Waals surface area contributed by atoms with Crippen LogP contribution in [0.4, 0.5) is 5.69 Å². The van der Waals surface area contributed by atoms with Gasteiger partial charge in [-0.15, -0.1) is 0 Å². The maximum absolute atomic E-state index is 14.4. The van der Waals surface area contributed by atoms with Crippen molar-refractivity contribution in [2.75, 3.05) is 11.0 Å². The number of aromatic nitrogens is 4. The molecule has 1 atom stereocenters. The van der Waals surface area contributed by atoms with Gasteiger partial charge < -0.3 is 11.1 Å². The molecule has 1 amide bonds. The van der Waals surface area contributed by atoms with E-state index in [0.29, 0.717) is 39.0 Å². The van der Waals surface area contributed by atoms with E-state index in [-0.39, 0.29) is 22.8 Å². The van der Waals surface area contributed by atoms with Gasteiger partial charge in [0.15, 0.2) is 11.5 Å². The third-order valence-electron chi connectivity index (χ3n) is 7.81. The van der Waals surface area contributed by atoms with Crippen molar-refractivity contribution >= 4 is 44.8 Å². The Kier molecular flexibility index (Phi) is 10.1. The van der Waals surface area contributed by atoms with Gasteiger partial charge in [-0.25, -0.2) is 18.4 Å². The zero-order valence-electron chi connectivity index (χ0n) is 28.1. The van der Waals surface area contributed by atoms with Gasteiger partial charge in [-0.05, 0) is 63.2 Å². The normalized spacial score (nSPS) is 12.8. The van der Waals surface area contributed by atoms with E-state index in [9.17, 15) is 18.0 Å². The highest BCUT2D eigenvalue weighted by molar-refractivity contribution is 7.92. The molecule has 0 unspecified atom stereocenters. The van der Waals surface area contributed by atoms with Crippen molar-refractivity contribution in [3.05, 3.63) is 129 Å². The van der Waals surface area contributed by atoms with E-state index in [0.717, 1.165) is 17.5 Å². The lowest BCUT2D eigenvalue weighted by Gasteiger charge is -2.21. The number of hydrogen-bond donors (Lipinski definition) is 3. The highest BCUT2D eigenvalue weighted by Gasteiger charge is 2.22. The van der Waals surface area contributed by atoms with Gasteiger partial charge in [0.1, 0.15) is 0 Å². The average molecular weight is 690 g/mol. The second kappa shape index (κ2) is 14.4. The molecule has 254 valence electrons. The van der Waals surface area contributed by atoms with Crippen LogP contribution < -0.4 is 21.3 Å². The number of hydrogen-bond acceptors (Lipinski definition) is 9. The van der Waals surface area contributed by atoms with Crippen molar-refractivity contribution < 1.29 is 13.2 Å². The average Bonchev–Trinajstić information content (AvgIpc) is 3.41. The SMILES string of the molecule is C=N/C(N)=C(\N=C(/C)c1cncc(NS(C)(=O)=O)c1)C(=O)N[C@@H](C)c1cc2cccc(C#Cc3cnn(C)c3C)c2c(=O)n1-c1ccccc1. The summed E-state index contributed by atoms with van der Waals surface area (Å²) in [5, 5.41) is 8.22. The molecule has 0 aliphatic carbocycles. The van der Waals surface area contributed by atoms with E-state index < -0.39 is 22.0 Å². The van der Waals surface area contributed by atoms with E-state index >= 15 is 0 Å². The van der Waals surface area contributed by atoms with Gasteiger partial charge in [-0.1, -0.05) is 42.2 Å². The van der Waals surface area contributed by atoms with Gasteiger partial charge in [-0.2, -0.15) is 5.10 Å². The number of nitrogens with two attached hydrogens (primary N) is 1. The van der Waals surface area contributed by atoms with Crippen LogP contribution in [0.15, 0.2) is 106 Å². The van der Waals surface area contributed by atoms with E-state index in [1.165, 1.54) is 18.5 Å². The van der Waals surface area contributed by atoms with Gasteiger partial charge in [0, 0.05) is 41.5 Å². The third-order valence-corrected chi connectivity index (χ3v) is 8.42. The van der Waals surface area contributed by atoms with Crippen molar-refractivity contribution in [1.82, 2.24) is 24.6 Å². The number of benzene rings is 2. The van der Waals surface area contributed by atoms with Crippen molar-refractivity contribution in [3.63, 3.8) is 0 Å². The number of rotatable bonds is 9. The highest BCUT2D eigenvalue weighted by atomic mass is 32.2. The molecule has 0 fully saturated rings. The van der Waals surface area contributed by atoms with Gasteiger partial charge in [0.25, 0.3) is 11.5 Å². The molecule has 4 N–H and O–H groups in total. The Morgan fingerprint density at radius 1 is 1.04 bits per heavy atom. The Morgan fingerprint density at radius 2 is 1.76 bits per heavy atom. The third kappa shape index (κ3) is 7.69. The Balaban J connectivity index is 1.56. The van der Waals surface area contributed by atoms with Crippen LogP contribution in [0.5, 0.6) is 0 Å². The molecule has 2 aromatic carbocycles. The second-order valence-corrected chi connectivity index (χ2v) is 13.2. The van der Waals surface area contributed by atoms with Crippen LogP contribution in [0.25, 0.3) is 16.5 Å². The summed E-state index contributed by atoms with van der Waals surface area (Å²) in [6, 6.07) is 17.2. The number of aliphatic imine (C=N–C) groups is 2. The fourth-order valence-electron chi connectivity index (χ4n) is 5.18. The lowest BCUT2D eigenvalue weighted by atomic mass is 10.0. The zero-order valence-corrected chi connectivity index (χ0v) is 28.9. The first kappa shape index (κ1) is 35.0. The number of pyridine rings is 2. The molecule has 0 radical (unpaired) electrons. The maximum atomic E-state index is 14.4. The number of sulfonamides is 1. The zero-order chi connectivity index (χ0) is 36.2. The summed E-state index contributed by atoms with van der Waals surface area (Å²) in [7, 11) is -1.71. The smallest absolute Gasteiger partial charge is 0.274 e. The number of nitrogens with zero attached hydrogens (tertiary/aromatic N) is 6. The molecule has 0 saturated heterocycles. The minimum Gasteiger partial charge on any atom is -0.382 e. The topological polar surface area (TPSA) is 179 Å². The van der Waals surface area contributed by atoms with Gasteiger partial charge in [0.2, 0.25) is 10.0 Å². The summed E-state index contributed by atoms with van der Waals surface area (Å²) < 4.78 is 29.1. The molecule has 13 nitrogen and oxygen atoms in total. The highest BCUT2D eigenvalue weighted by Crippen LogP contribution is 2.24. The number of fused-ring (bicyclic) bond motifs is 1. The summed E-state index contributed by atoms with van der Waals surface area (Å²) in [4.78, 5) is 40.4. The van der Waals surface area contributed by atoms with Crippen LogP contribution in [0, 0.1) is 18.8 Å². The van der Waals surface area contributed by atoms with E-state index in [1.54, 1.807) is 47.5 Å². The van der Waals surface area contributed by atoms with E-state index in [4.69, 9.17) is 5.73 Å². The molecular weight excluding hydrogens is 655 g/mol. The Morgan fingerprint density at radius 3 is 2.42 bits per heavy atom. The molecule has 5 rings (SSSR count). The molecule has 3 aromatic heterocycles. The summed E-state index contributed by atoms with van der Waals surface area (Å²) in [6.07, 6.45) is 5.52. The number of amides is 1. The molecule has 0 bridgehead atoms. The van der Waals surface area contributed by atoms with Crippen LogP contribution in [0.2, 0.25) is 0 Å². The van der Waals surface area contributed by atoms with Crippen LogP contribution >= 0.6 is 0 Å². The predicted molar refractivity (Wildman–Crippen MR) is 196 cm³/mol. The van der Waals surface area contributed by atoms with Crippen LogP contribution in [0.3, 0.4) is 0 Å². The number of nitrogens with one attached hydrogen (secondary N) is 2. The lowest BCUT2D eigenvalue weighted by molar-refractivity contribution is -0.118. The van der Waals surface area contributed by atoms with Gasteiger partial charge in [0.05, 0.1) is 47.0 Å². The molecule has 0 aliphatic heterocycles. The van der Waals surface area contributed by atoms with Crippen LogP contribution in [-0.4, -0.2) is 52.3 Å². The molecule has 14 heteroatoms. The van der Waals surface area contributed by atoms with Crippen LogP contribution in [-0.2, 0) is 21.9 Å². The van der Waals surface area contributed by atoms with Gasteiger partial charge >= 0.3 is 0 Å². The van der Waals surface area contributed by atoms with Crippen LogP contribution in [0.1, 0.15) is 48.0 Å². The molecular formula is C36H35N9O4S. The summed E-state index contributed by atoms with van der Waals surface area (Å²) in [5.41, 5.74) is 9.79. The number of aryl methyl sites for hydroxylation is 1. The van der Waals surface area contributed by atoms with Crippen molar-refractivity contribution in [3.8, 4) is 17.5 Å². The minimum absolute atomic E-state index is 0.217. The first-order chi connectivity index (χ1) is 23.8. The molecule has 5 aromatic rings. The molecule has 0 aliphatic rings. The van der Waals surface area contributed by atoms with Crippen molar-refractivity contribution in [2.24, 2.45) is 22.8 Å². The largest absolute Gasteiger partial charge is 0.382 e. The maximum Gasteiger partial charge on any atom is 0.274 e. The van der Waals surface area contributed by atoms with E-state index in [2.05, 4.69) is 48.7 Å². The standard InChI is InChI=1S/C36H35N9O4S/c1-22(28-17-29(21-39-19-28)43-50(6,48)49)41-33(34(37)38-4)35(46)42-23(2)31-18-26-12-10-11-25(15-16-27-20-40-44(5)24(27)3)32(26)36(47)45(31)30-13-8-7-9-14-30/h7-14,17-21,23,43H,4,37H2,1-3,5-6H3,(H,42,46)/b34-33-,41-22+/t23-/m0/s1. The lowest BCUT2D eigenvalue weighted by Crippen LogP contribution is -2.33. The quantitative estimate of drug-likeness (QED) is 0.120. The summed E-state index contributed by atoms with van der Waals surface area (Å²) >= 11 is 0. The van der Waals surface area contributed by atoms with E-state index in [1.807, 2.05) is 50.4 Å². The number of carbonyl (C=O) groups is 1. The fraction of sp³-hybridized carbons (Fsp3) is 0.167. The first-order valence-electron chi connectivity index (χ1n) is 15.3. The number of anilines is 1. The van der Waals surface area contributed by atoms with Gasteiger partial charge in [-0.3, -0.25) is 28.5 Å². The second-order valence-electron chi connectivity index (χ2n) is 11.5. The predicted octanol–water partition coefficient (Wildman–Crippen LogP) is 3.71. The van der Waals surface area contributed by atoms with Crippen molar-refractivity contribution in [1.29, 1.82) is 0 Å². The first-order valence-corrected chi connectivity index (χ1v) is 17.2. The fourth-order valence-corrected chi connectivity index (χ4v) is 5.72. The summed E-state index contributed by atoms with van der Waals surface area (Å²) in [5.74, 6) is 5.39.